The van der Waals surface area contributed by atoms with E-state index in [-0.39, 0.29) is 35.9 Å². The molecule has 2 rings (SSSR count). The van der Waals surface area contributed by atoms with Crippen molar-refractivity contribution in [1.82, 2.24) is 0 Å². The van der Waals surface area contributed by atoms with Crippen LogP contribution in [0.3, 0.4) is 0 Å². The molecule has 0 aromatic rings. The largest absolute Gasteiger partial charge is 0.469 e. The van der Waals surface area contributed by atoms with Crippen LogP contribution in [0.5, 0.6) is 0 Å². The average Bonchev–Trinajstić information content (AvgIpc) is 2.59. The van der Waals surface area contributed by atoms with Crippen LogP contribution in [0.1, 0.15) is 66.2 Å². The van der Waals surface area contributed by atoms with E-state index in [1.54, 1.807) is 6.08 Å². The molecule has 0 amide bonds. The molecule has 0 aromatic carbocycles. The first-order valence-corrected chi connectivity index (χ1v) is 9.80. The van der Waals surface area contributed by atoms with Crippen molar-refractivity contribution in [2.75, 3.05) is 7.11 Å². The number of methoxy groups -OCH3 is 1. The van der Waals surface area contributed by atoms with Gasteiger partial charge in [0.25, 0.3) is 0 Å². The SMILES string of the molecule is COC(=O)[C@]1(C)CCC[C@@H](C)[C@@H]1C[C@@H](O)C1=C[C@](O)(C(C)C)CCC1=O. The monoisotopic (exact) mass is 366 g/mol. The lowest BCUT2D eigenvalue weighted by Gasteiger charge is -2.44. The van der Waals surface area contributed by atoms with E-state index in [2.05, 4.69) is 6.92 Å². The van der Waals surface area contributed by atoms with E-state index in [1.807, 2.05) is 20.8 Å². The summed E-state index contributed by atoms with van der Waals surface area (Å²) in [5.41, 5.74) is -1.41. The van der Waals surface area contributed by atoms with Crippen molar-refractivity contribution in [3.63, 3.8) is 0 Å². The van der Waals surface area contributed by atoms with Crippen molar-refractivity contribution < 1.29 is 24.5 Å². The van der Waals surface area contributed by atoms with Crippen molar-refractivity contribution in [3.8, 4) is 0 Å². The molecule has 2 aliphatic rings. The Kier molecular flexibility index (Phi) is 6.34. The highest BCUT2D eigenvalue weighted by Gasteiger charge is 2.48. The number of aliphatic hydroxyl groups excluding tert-OH is 1. The van der Waals surface area contributed by atoms with Crippen LogP contribution < -0.4 is 0 Å². The zero-order chi connectivity index (χ0) is 19.7. The van der Waals surface area contributed by atoms with Gasteiger partial charge in [-0.25, -0.2) is 0 Å². The third-order valence-corrected chi connectivity index (χ3v) is 6.83. The molecule has 0 radical (unpaired) electrons. The van der Waals surface area contributed by atoms with Crippen LogP contribution in [0.2, 0.25) is 0 Å². The first-order chi connectivity index (χ1) is 12.0. The van der Waals surface area contributed by atoms with Gasteiger partial charge < -0.3 is 14.9 Å². The fraction of sp³-hybridized carbons (Fsp3) is 0.810. The predicted octanol–water partition coefficient (Wildman–Crippen LogP) is 3.03. The number of esters is 1. The zero-order valence-corrected chi connectivity index (χ0v) is 16.7. The summed E-state index contributed by atoms with van der Waals surface area (Å²) < 4.78 is 5.04. The number of ketones is 1. The second kappa shape index (κ2) is 7.81. The van der Waals surface area contributed by atoms with E-state index in [9.17, 15) is 19.8 Å². The highest BCUT2D eigenvalue weighted by atomic mass is 16.5. The summed E-state index contributed by atoms with van der Waals surface area (Å²) in [6.07, 6.45) is 4.23. The highest BCUT2D eigenvalue weighted by Crippen LogP contribution is 2.48. The highest BCUT2D eigenvalue weighted by molar-refractivity contribution is 5.97. The van der Waals surface area contributed by atoms with Crippen LogP contribution in [0.4, 0.5) is 0 Å². The maximum atomic E-state index is 12.4. The minimum Gasteiger partial charge on any atom is -0.469 e. The minimum absolute atomic E-state index is 0.0354. The number of aliphatic hydroxyl groups is 2. The van der Waals surface area contributed by atoms with Gasteiger partial charge in [-0.15, -0.1) is 0 Å². The fourth-order valence-corrected chi connectivity index (χ4v) is 4.77. The number of Topliss-reactive ketones (excluding diaryl/α,β-unsaturated/α-hetero) is 1. The Morgan fingerprint density at radius 1 is 1.38 bits per heavy atom. The van der Waals surface area contributed by atoms with Crippen LogP contribution in [0, 0.1) is 23.2 Å². The molecule has 2 aliphatic carbocycles. The lowest BCUT2D eigenvalue weighted by molar-refractivity contribution is -0.160. The molecule has 26 heavy (non-hydrogen) atoms. The van der Waals surface area contributed by atoms with Gasteiger partial charge in [-0.2, -0.15) is 0 Å². The lowest BCUT2D eigenvalue weighted by atomic mass is 9.60. The number of rotatable bonds is 5. The van der Waals surface area contributed by atoms with Gasteiger partial charge in [0.2, 0.25) is 0 Å². The second-order valence-corrected chi connectivity index (χ2v) is 8.81. The smallest absolute Gasteiger partial charge is 0.311 e. The normalized spacial score (nSPS) is 36.6. The number of ether oxygens (including phenoxy) is 1. The van der Waals surface area contributed by atoms with Crippen LogP contribution in [0.15, 0.2) is 11.6 Å². The summed E-state index contributed by atoms with van der Waals surface area (Å²) >= 11 is 0. The Labute approximate surface area is 156 Å². The van der Waals surface area contributed by atoms with Gasteiger partial charge in [0.15, 0.2) is 5.78 Å². The summed E-state index contributed by atoms with van der Waals surface area (Å²) in [4.78, 5) is 24.8. The number of carbonyl (C=O) groups excluding carboxylic acids is 2. The third kappa shape index (κ3) is 3.89. The van der Waals surface area contributed by atoms with Crippen molar-refractivity contribution in [2.45, 2.75) is 77.9 Å². The Bertz CT molecular complexity index is 581. The van der Waals surface area contributed by atoms with Gasteiger partial charge in [0, 0.05) is 12.0 Å². The number of hydrogen-bond acceptors (Lipinski definition) is 5. The predicted molar refractivity (Wildman–Crippen MR) is 99.4 cm³/mol. The first-order valence-electron chi connectivity index (χ1n) is 9.80. The molecule has 5 atom stereocenters. The van der Waals surface area contributed by atoms with Gasteiger partial charge in [0.05, 0.1) is 24.2 Å². The Hall–Kier alpha value is -1.20. The average molecular weight is 366 g/mol. The van der Waals surface area contributed by atoms with E-state index >= 15 is 0 Å². The van der Waals surface area contributed by atoms with E-state index in [1.165, 1.54) is 7.11 Å². The van der Waals surface area contributed by atoms with E-state index < -0.39 is 17.1 Å². The molecule has 0 bridgehead atoms. The van der Waals surface area contributed by atoms with Crippen molar-refractivity contribution in [1.29, 1.82) is 0 Å². The molecule has 0 unspecified atom stereocenters. The standard InChI is InChI=1S/C21H34O5/c1-13(2)21(25)10-8-17(22)15(12-21)18(23)11-16-14(3)7-6-9-20(16,4)19(24)26-5/h12-14,16,18,23,25H,6-11H2,1-5H3/t14-,16+,18-,20-,21+/m1/s1. The van der Waals surface area contributed by atoms with Gasteiger partial charge in [-0.3, -0.25) is 9.59 Å². The molecule has 1 saturated carbocycles. The first kappa shape index (κ1) is 21.1. The maximum Gasteiger partial charge on any atom is 0.311 e. The lowest BCUT2D eigenvalue weighted by Crippen LogP contribution is -2.45. The molecular weight excluding hydrogens is 332 g/mol. The maximum absolute atomic E-state index is 12.4. The van der Waals surface area contributed by atoms with Crippen LogP contribution in [-0.4, -0.2) is 40.8 Å². The molecular formula is C21H34O5. The van der Waals surface area contributed by atoms with Gasteiger partial charge in [-0.1, -0.05) is 33.6 Å². The molecule has 0 spiro atoms. The Balaban J connectivity index is 2.28. The molecule has 0 aliphatic heterocycles. The zero-order valence-electron chi connectivity index (χ0n) is 16.7. The van der Waals surface area contributed by atoms with E-state index in [4.69, 9.17) is 4.74 Å². The molecule has 148 valence electrons. The Morgan fingerprint density at radius 2 is 2.04 bits per heavy atom. The topological polar surface area (TPSA) is 83.8 Å². The molecule has 0 aromatic heterocycles. The second-order valence-electron chi connectivity index (χ2n) is 8.81. The number of hydrogen-bond donors (Lipinski definition) is 2. The summed E-state index contributed by atoms with van der Waals surface area (Å²) in [6, 6.07) is 0. The van der Waals surface area contributed by atoms with E-state index in [0.29, 0.717) is 18.4 Å². The molecule has 0 heterocycles. The minimum atomic E-state index is -1.06. The van der Waals surface area contributed by atoms with Crippen LogP contribution in [0.25, 0.3) is 0 Å². The number of carbonyl (C=O) groups is 2. The molecule has 0 saturated heterocycles. The summed E-state index contributed by atoms with van der Waals surface area (Å²) in [5.74, 6) is -0.200. The van der Waals surface area contributed by atoms with Crippen LogP contribution >= 0.6 is 0 Å². The Morgan fingerprint density at radius 3 is 2.62 bits per heavy atom. The van der Waals surface area contributed by atoms with Gasteiger partial charge in [0.1, 0.15) is 0 Å². The summed E-state index contributed by atoms with van der Waals surface area (Å²) in [7, 11) is 1.40. The van der Waals surface area contributed by atoms with Crippen molar-refractivity contribution >= 4 is 11.8 Å². The molecule has 5 nitrogen and oxygen atoms in total. The van der Waals surface area contributed by atoms with Gasteiger partial charge >= 0.3 is 5.97 Å². The summed E-state index contributed by atoms with van der Waals surface area (Å²) in [5, 5.41) is 21.6. The fourth-order valence-electron chi connectivity index (χ4n) is 4.77. The molecule has 1 fully saturated rings. The van der Waals surface area contributed by atoms with Crippen molar-refractivity contribution in [3.05, 3.63) is 11.6 Å². The third-order valence-electron chi connectivity index (χ3n) is 6.83. The van der Waals surface area contributed by atoms with E-state index in [0.717, 1.165) is 19.3 Å². The van der Waals surface area contributed by atoms with Crippen molar-refractivity contribution in [2.24, 2.45) is 23.2 Å². The molecule has 2 N–H and O–H groups in total. The quantitative estimate of drug-likeness (QED) is 0.731. The van der Waals surface area contributed by atoms with Crippen LogP contribution in [-0.2, 0) is 14.3 Å². The summed E-state index contributed by atoms with van der Waals surface area (Å²) in [6.45, 7) is 7.83. The molecule has 5 heteroatoms. The van der Waals surface area contributed by atoms with Gasteiger partial charge in [-0.05, 0) is 50.0 Å².